The summed E-state index contributed by atoms with van der Waals surface area (Å²) in [5.41, 5.74) is -1.07. The minimum absolute atomic E-state index is 0.0665. The zero-order chi connectivity index (χ0) is 24.0. The minimum atomic E-state index is -1.49. The quantitative estimate of drug-likeness (QED) is 0.413. The van der Waals surface area contributed by atoms with Crippen LogP contribution >= 0.6 is 0 Å². The first-order valence-electron chi connectivity index (χ1n) is 10.8. The number of esters is 1. The molecule has 0 aromatic heterocycles. The molecule has 3 aliphatic heterocycles. The SMILES string of the molecule is COCOc1cc(OC)cc2c1C(=O)O[C@@H](C)C/C=C(/F)C(O)[C@H]1OC(C)(C)C3(C=C2)O[C@H]13. The van der Waals surface area contributed by atoms with Gasteiger partial charge in [0.2, 0.25) is 0 Å². The van der Waals surface area contributed by atoms with Crippen molar-refractivity contribution in [2.45, 2.75) is 62.8 Å². The highest BCUT2D eigenvalue weighted by molar-refractivity contribution is 5.97. The third-order valence-electron chi connectivity index (χ3n) is 6.29. The molecule has 2 bridgehead atoms. The summed E-state index contributed by atoms with van der Waals surface area (Å²) >= 11 is 0. The summed E-state index contributed by atoms with van der Waals surface area (Å²) in [6.07, 6.45) is 1.20. The zero-order valence-electron chi connectivity index (χ0n) is 19.3. The summed E-state index contributed by atoms with van der Waals surface area (Å²) in [4.78, 5) is 13.2. The lowest BCUT2D eigenvalue weighted by Crippen LogP contribution is -2.39. The number of hydrogen-bond donors (Lipinski definition) is 1. The van der Waals surface area contributed by atoms with Gasteiger partial charge >= 0.3 is 5.97 Å². The number of hydrogen-bond acceptors (Lipinski definition) is 8. The summed E-state index contributed by atoms with van der Waals surface area (Å²) in [5, 5.41) is 10.6. The van der Waals surface area contributed by atoms with E-state index in [1.54, 1.807) is 31.2 Å². The van der Waals surface area contributed by atoms with Crippen LogP contribution in [-0.4, -0.2) is 67.7 Å². The summed E-state index contributed by atoms with van der Waals surface area (Å²) in [5.74, 6) is -0.700. The van der Waals surface area contributed by atoms with Gasteiger partial charge in [-0.15, -0.1) is 0 Å². The molecule has 2 saturated heterocycles. The van der Waals surface area contributed by atoms with E-state index in [-0.39, 0.29) is 24.5 Å². The van der Waals surface area contributed by atoms with Crippen LogP contribution in [0.3, 0.4) is 0 Å². The average molecular weight is 464 g/mol. The number of rotatable bonds is 4. The molecule has 9 heteroatoms. The number of aliphatic hydroxyl groups is 1. The van der Waals surface area contributed by atoms with E-state index in [1.165, 1.54) is 20.3 Å². The molecular formula is C24H29FO8. The average Bonchev–Trinajstić information content (AvgIpc) is 3.48. The van der Waals surface area contributed by atoms with Crippen LogP contribution in [0.2, 0.25) is 0 Å². The van der Waals surface area contributed by atoms with Gasteiger partial charge in [-0.1, -0.05) is 6.08 Å². The molecule has 180 valence electrons. The third kappa shape index (κ3) is 4.14. The van der Waals surface area contributed by atoms with E-state index in [0.717, 1.165) is 0 Å². The van der Waals surface area contributed by atoms with Gasteiger partial charge in [-0.25, -0.2) is 9.18 Å². The monoisotopic (exact) mass is 464 g/mol. The van der Waals surface area contributed by atoms with E-state index in [0.29, 0.717) is 11.3 Å². The van der Waals surface area contributed by atoms with Crippen LogP contribution in [0.1, 0.15) is 43.1 Å². The maximum absolute atomic E-state index is 14.7. The van der Waals surface area contributed by atoms with Gasteiger partial charge < -0.3 is 33.5 Å². The smallest absolute Gasteiger partial charge is 0.342 e. The second kappa shape index (κ2) is 8.72. The van der Waals surface area contributed by atoms with E-state index >= 15 is 0 Å². The summed E-state index contributed by atoms with van der Waals surface area (Å²) in [7, 11) is 2.98. The molecular weight excluding hydrogens is 435 g/mol. The van der Waals surface area contributed by atoms with Gasteiger partial charge in [-0.05, 0) is 44.6 Å². The molecule has 33 heavy (non-hydrogen) atoms. The van der Waals surface area contributed by atoms with Crippen LogP contribution in [0.5, 0.6) is 11.5 Å². The fourth-order valence-electron chi connectivity index (χ4n) is 4.40. The van der Waals surface area contributed by atoms with E-state index in [9.17, 15) is 14.3 Å². The predicted molar refractivity (Wildman–Crippen MR) is 116 cm³/mol. The number of carbonyl (C=O) groups is 1. The maximum atomic E-state index is 14.7. The Morgan fingerprint density at radius 3 is 2.67 bits per heavy atom. The Hall–Kier alpha value is -2.46. The molecule has 4 rings (SSSR count). The highest BCUT2D eigenvalue weighted by Gasteiger charge is 2.75. The molecule has 0 radical (unpaired) electrons. The fraction of sp³-hybridized carbons (Fsp3) is 0.542. The van der Waals surface area contributed by atoms with Crippen molar-refractivity contribution in [3.63, 3.8) is 0 Å². The van der Waals surface area contributed by atoms with Crippen molar-refractivity contribution >= 4 is 12.0 Å². The summed E-state index contributed by atoms with van der Waals surface area (Å²) < 4.78 is 48.3. The van der Waals surface area contributed by atoms with E-state index in [2.05, 4.69) is 0 Å². The first kappa shape index (κ1) is 23.7. The van der Waals surface area contributed by atoms with Gasteiger partial charge in [0.15, 0.2) is 6.79 Å². The van der Waals surface area contributed by atoms with Crippen molar-refractivity contribution in [1.82, 2.24) is 0 Å². The molecule has 0 amide bonds. The van der Waals surface area contributed by atoms with Crippen molar-refractivity contribution in [3.8, 4) is 11.5 Å². The number of carbonyl (C=O) groups excluding carboxylic acids is 1. The van der Waals surface area contributed by atoms with Crippen LogP contribution in [0.15, 0.2) is 30.1 Å². The van der Waals surface area contributed by atoms with Gasteiger partial charge in [0.1, 0.15) is 52.9 Å². The molecule has 0 saturated carbocycles. The van der Waals surface area contributed by atoms with Crippen molar-refractivity contribution in [2.75, 3.05) is 21.0 Å². The standard InChI is InChI=1S/C24H29FO8/c1-13-6-7-16(25)19(26)20-21-24(33-21,23(2,3)32-20)9-8-14-10-15(29-5)11-17(30-12-28-4)18(14)22(27)31-13/h7-11,13,19-21,26H,6,12H2,1-5H3/b9-8?,16-7+/t13-,19?,20+,21+,24?/m0/s1. The van der Waals surface area contributed by atoms with Crippen LogP contribution in [0.4, 0.5) is 4.39 Å². The topological polar surface area (TPSA) is 96.0 Å². The van der Waals surface area contributed by atoms with Crippen molar-refractivity contribution in [2.24, 2.45) is 0 Å². The Balaban J connectivity index is 1.84. The zero-order valence-corrected chi connectivity index (χ0v) is 19.3. The molecule has 1 aromatic carbocycles. The first-order chi connectivity index (χ1) is 15.6. The Morgan fingerprint density at radius 2 is 2.00 bits per heavy atom. The van der Waals surface area contributed by atoms with Gasteiger partial charge in [0, 0.05) is 19.6 Å². The molecule has 0 spiro atoms. The van der Waals surface area contributed by atoms with Crippen molar-refractivity contribution in [3.05, 3.63) is 41.2 Å². The number of aliphatic hydroxyl groups excluding tert-OH is 1. The lowest BCUT2D eigenvalue weighted by atomic mass is 9.87. The number of benzene rings is 1. The minimum Gasteiger partial charge on any atom is -0.497 e. The lowest BCUT2D eigenvalue weighted by molar-refractivity contribution is -0.129. The molecule has 3 heterocycles. The normalized spacial score (nSPS) is 34.3. The van der Waals surface area contributed by atoms with Crippen LogP contribution in [-0.2, 0) is 18.9 Å². The van der Waals surface area contributed by atoms with Crippen molar-refractivity contribution in [1.29, 1.82) is 0 Å². The Labute approximate surface area is 191 Å². The van der Waals surface area contributed by atoms with E-state index in [1.807, 2.05) is 13.8 Å². The Kier molecular flexibility index (Phi) is 6.26. The number of epoxide rings is 1. The molecule has 0 aliphatic carbocycles. The second-order valence-electron chi connectivity index (χ2n) is 8.88. The number of methoxy groups -OCH3 is 2. The van der Waals surface area contributed by atoms with Gasteiger partial charge in [0.25, 0.3) is 0 Å². The van der Waals surface area contributed by atoms with Crippen molar-refractivity contribution < 1.29 is 42.7 Å². The number of fused-ring (bicyclic) bond motifs is 1. The fourth-order valence-corrected chi connectivity index (χ4v) is 4.40. The van der Waals surface area contributed by atoms with Gasteiger partial charge in [-0.2, -0.15) is 0 Å². The Morgan fingerprint density at radius 1 is 1.24 bits per heavy atom. The third-order valence-corrected chi connectivity index (χ3v) is 6.29. The summed E-state index contributed by atoms with van der Waals surface area (Å²) in [6, 6.07) is 3.26. The van der Waals surface area contributed by atoms with E-state index < -0.39 is 47.4 Å². The highest BCUT2D eigenvalue weighted by atomic mass is 19.1. The summed E-state index contributed by atoms with van der Waals surface area (Å²) in [6.45, 7) is 5.19. The number of cyclic esters (lactones) is 1. The number of halogens is 1. The van der Waals surface area contributed by atoms with E-state index in [4.69, 9.17) is 28.4 Å². The molecule has 3 aliphatic rings. The van der Waals surface area contributed by atoms with Gasteiger partial charge in [-0.3, -0.25) is 0 Å². The largest absolute Gasteiger partial charge is 0.497 e. The molecule has 8 nitrogen and oxygen atoms in total. The lowest BCUT2D eigenvalue weighted by Gasteiger charge is -2.29. The molecule has 2 unspecified atom stereocenters. The van der Waals surface area contributed by atoms with Crippen LogP contribution < -0.4 is 9.47 Å². The number of ether oxygens (including phenoxy) is 6. The second-order valence-corrected chi connectivity index (χ2v) is 8.88. The highest BCUT2D eigenvalue weighted by Crippen LogP contribution is 2.58. The Bertz CT molecular complexity index is 987. The van der Waals surface area contributed by atoms with Crippen LogP contribution in [0, 0.1) is 0 Å². The molecule has 5 atom stereocenters. The first-order valence-corrected chi connectivity index (χ1v) is 10.8. The predicted octanol–water partition coefficient (Wildman–Crippen LogP) is 3.17. The maximum Gasteiger partial charge on any atom is 0.342 e. The molecule has 1 N–H and O–H groups in total. The van der Waals surface area contributed by atoms with Gasteiger partial charge in [0.05, 0.1) is 12.7 Å². The van der Waals surface area contributed by atoms with Crippen LogP contribution in [0.25, 0.3) is 6.08 Å². The molecule has 1 aromatic rings. The molecule has 2 fully saturated rings.